The van der Waals surface area contributed by atoms with Gasteiger partial charge in [0.25, 0.3) is 11.8 Å². The van der Waals surface area contributed by atoms with Crippen molar-refractivity contribution in [2.24, 2.45) is 11.5 Å². The maximum absolute atomic E-state index is 12.9. The molecule has 3 aromatic rings. The first-order chi connectivity index (χ1) is 20.3. The highest BCUT2D eigenvalue weighted by Gasteiger charge is 2.16. The fourth-order valence-corrected chi connectivity index (χ4v) is 4.93. The molecule has 2 aromatic carbocycles. The highest BCUT2D eigenvalue weighted by Crippen LogP contribution is 2.25. The number of nitrogens with one attached hydrogen (secondary N) is 4. The molecule has 8 N–H and O–H groups in total. The predicted octanol–water partition coefficient (Wildman–Crippen LogP) is 3.55. The van der Waals surface area contributed by atoms with Crippen LogP contribution in [0.1, 0.15) is 44.8 Å². The van der Waals surface area contributed by atoms with Gasteiger partial charge in [0.15, 0.2) is 11.9 Å². The van der Waals surface area contributed by atoms with Gasteiger partial charge in [0.1, 0.15) is 5.69 Å². The molecule has 0 bridgehead atoms. The van der Waals surface area contributed by atoms with Gasteiger partial charge in [0.05, 0.1) is 0 Å². The van der Waals surface area contributed by atoms with E-state index in [4.69, 9.17) is 22.3 Å². The Morgan fingerprint density at radius 1 is 0.714 bits per heavy atom. The second-order valence-electron chi connectivity index (χ2n) is 10.1. The van der Waals surface area contributed by atoms with E-state index in [9.17, 15) is 9.59 Å². The van der Waals surface area contributed by atoms with Gasteiger partial charge in [-0.15, -0.1) is 0 Å². The molecule has 0 unspecified atom stereocenters. The summed E-state index contributed by atoms with van der Waals surface area (Å²) in [6, 6.07) is 18.2. The lowest BCUT2D eigenvalue weighted by atomic mass is 9.99. The molecule has 0 saturated heterocycles. The van der Waals surface area contributed by atoms with Gasteiger partial charge in [-0.25, -0.2) is 0 Å². The zero-order valence-electron chi connectivity index (χ0n) is 23.1. The molecular weight excluding hydrogens is 530 g/mol. The fourth-order valence-electron chi connectivity index (χ4n) is 4.93. The van der Waals surface area contributed by atoms with E-state index >= 15 is 0 Å². The molecule has 2 amide bonds. The zero-order chi connectivity index (χ0) is 29.6. The number of hydrogen-bond donors (Lipinski definition) is 6. The minimum Gasteiger partial charge on any atom is -0.370 e. The summed E-state index contributed by atoms with van der Waals surface area (Å²) >= 11 is 0. The van der Waals surface area contributed by atoms with Crippen LogP contribution < -0.4 is 22.1 Å². The molecule has 2 aliphatic heterocycles. The first-order valence-corrected chi connectivity index (χ1v) is 13.6. The summed E-state index contributed by atoms with van der Waals surface area (Å²) in [5.74, 6) is -0.613. The van der Waals surface area contributed by atoms with Crippen molar-refractivity contribution in [2.75, 3.05) is 36.8 Å². The number of guanidine groups is 2. The molecule has 0 fully saturated rings. The third-order valence-electron chi connectivity index (χ3n) is 7.38. The molecule has 2 aliphatic rings. The number of hydrogen-bond acceptors (Lipinski definition) is 5. The van der Waals surface area contributed by atoms with E-state index in [0.717, 1.165) is 24.0 Å². The van der Waals surface area contributed by atoms with Crippen LogP contribution in [-0.2, 0) is 0 Å². The predicted molar refractivity (Wildman–Crippen MR) is 165 cm³/mol. The lowest BCUT2D eigenvalue weighted by Crippen LogP contribution is -2.39. The van der Waals surface area contributed by atoms with E-state index in [1.54, 1.807) is 15.9 Å². The molecule has 214 valence electrons. The second-order valence-corrected chi connectivity index (χ2v) is 10.1. The van der Waals surface area contributed by atoms with Crippen molar-refractivity contribution >= 4 is 46.3 Å². The van der Waals surface area contributed by atoms with Gasteiger partial charge in [-0.1, -0.05) is 36.4 Å². The minimum absolute atomic E-state index is 0.0742. The molecule has 11 nitrogen and oxygen atoms in total. The average molecular weight is 564 g/mol. The van der Waals surface area contributed by atoms with Crippen LogP contribution in [0.15, 0.2) is 79.0 Å². The van der Waals surface area contributed by atoms with Crippen LogP contribution in [0.5, 0.6) is 0 Å². The Labute approximate surface area is 243 Å². The number of anilines is 2. The maximum Gasteiger partial charge on any atom is 0.274 e. The summed E-state index contributed by atoms with van der Waals surface area (Å²) in [7, 11) is 0. The number of nitrogens with two attached hydrogens (primary N) is 2. The molecule has 0 spiro atoms. The third kappa shape index (κ3) is 6.64. The molecule has 11 heteroatoms. The fraction of sp³-hybridized carbons (Fsp3) is 0.194. The van der Waals surface area contributed by atoms with Crippen LogP contribution in [0.3, 0.4) is 0 Å². The number of carbonyl (C=O) groups is 2. The van der Waals surface area contributed by atoms with Gasteiger partial charge in [0, 0.05) is 49.3 Å². The first kappa shape index (κ1) is 28.1. The Balaban J connectivity index is 1.18. The number of rotatable bonds is 6. The van der Waals surface area contributed by atoms with Gasteiger partial charge in [-0.2, -0.15) is 0 Å². The summed E-state index contributed by atoms with van der Waals surface area (Å²) in [6.45, 7) is 2.60. The summed E-state index contributed by atoms with van der Waals surface area (Å²) in [6.07, 6.45) is 7.14. The van der Waals surface area contributed by atoms with E-state index in [0.29, 0.717) is 43.1 Å². The average Bonchev–Trinajstić information content (AvgIpc) is 3.02. The van der Waals surface area contributed by atoms with E-state index in [1.807, 2.05) is 48.5 Å². The van der Waals surface area contributed by atoms with E-state index < -0.39 is 5.91 Å². The molecule has 5 rings (SSSR count). The zero-order valence-corrected chi connectivity index (χ0v) is 23.1. The van der Waals surface area contributed by atoms with Crippen LogP contribution in [0.2, 0.25) is 0 Å². The van der Waals surface area contributed by atoms with Crippen molar-refractivity contribution in [3.63, 3.8) is 0 Å². The second kappa shape index (κ2) is 12.4. The summed E-state index contributed by atoms with van der Waals surface area (Å²) in [4.78, 5) is 33.6. The Bertz CT molecular complexity index is 1460. The molecule has 0 atom stereocenters. The summed E-state index contributed by atoms with van der Waals surface area (Å²) in [5, 5.41) is 20.8. The lowest BCUT2D eigenvalue weighted by molar-refractivity contribution is 0.102. The Kier molecular flexibility index (Phi) is 8.28. The van der Waals surface area contributed by atoms with Crippen molar-refractivity contribution in [1.82, 2.24) is 14.8 Å². The van der Waals surface area contributed by atoms with E-state index in [1.165, 1.54) is 23.4 Å². The van der Waals surface area contributed by atoms with Crippen molar-refractivity contribution < 1.29 is 9.59 Å². The van der Waals surface area contributed by atoms with Crippen LogP contribution >= 0.6 is 0 Å². The van der Waals surface area contributed by atoms with Crippen LogP contribution in [0.4, 0.5) is 11.4 Å². The van der Waals surface area contributed by atoms with Gasteiger partial charge in [-0.3, -0.25) is 25.4 Å². The number of aromatic nitrogens is 1. The van der Waals surface area contributed by atoms with Gasteiger partial charge >= 0.3 is 0 Å². The number of amides is 2. The molecule has 42 heavy (non-hydrogen) atoms. The SMILES string of the molecule is N=C(N)N1CC=C(c2ccc(NC(=O)c3ccnc(C(=O)Nc4ccc(C5=CCN(C(=N)N)CC5)cc4)c3)cc2)CC1. The van der Waals surface area contributed by atoms with Crippen LogP contribution in [-0.4, -0.2) is 64.7 Å². The number of nitrogens with zero attached hydrogens (tertiary/aromatic N) is 3. The Morgan fingerprint density at radius 2 is 1.19 bits per heavy atom. The molecule has 3 heterocycles. The normalized spacial score (nSPS) is 14.9. The monoisotopic (exact) mass is 563 g/mol. The van der Waals surface area contributed by atoms with Crippen molar-refractivity contribution in [1.29, 1.82) is 10.8 Å². The highest BCUT2D eigenvalue weighted by molar-refractivity contribution is 6.08. The van der Waals surface area contributed by atoms with Crippen LogP contribution in [0, 0.1) is 10.8 Å². The van der Waals surface area contributed by atoms with Crippen molar-refractivity contribution in [3.05, 3.63) is 101 Å². The largest absolute Gasteiger partial charge is 0.370 e. The van der Waals surface area contributed by atoms with Gasteiger partial charge < -0.3 is 31.9 Å². The Morgan fingerprint density at radius 3 is 1.62 bits per heavy atom. The van der Waals surface area contributed by atoms with E-state index in [2.05, 4.69) is 27.8 Å². The smallest absolute Gasteiger partial charge is 0.274 e. The van der Waals surface area contributed by atoms with E-state index in [-0.39, 0.29) is 23.5 Å². The third-order valence-corrected chi connectivity index (χ3v) is 7.38. The minimum atomic E-state index is -0.417. The summed E-state index contributed by atoms with van der Waals surface area (Å²) in [5.41, 5.74) is 17.3. The number of benzene rings is 2. The topological polar surface area (TPSA) is 177 Å². The van der Waals surface area contributed by atoms with Gasteiger partial charge in [0.2, 0.25) is 0 Å². The summed E-state index contributed by atoms with van der Waals surface area (Å²) < 4.78 is 0. The van der Waals surface area contributed by atoms with Gasteiger partial charge in [-0.05, 0) is 71.5 Å². The van der Waals surface area contributed by atoms with Crippen molar-refractivity contribution in [3.8, 4) is 0 Å². The molecule has 0 saturated carbocycles. The van der Waals surface area contributed by atoms with Crippen molar-refractivity contribution in [2.45, 2.75) is 12.8 Å². The Hall–Kier alpha value is -5.45. The first-order valence-electron chi connectivity index (χ1n) is 13.6. The highest BCUT2D eigenvalue weighted by atomic mass is 16.2. The van der Waals surface area contributed by atoms with Crippen LogP contribution in [0.25, 0.3) is 11.1 Å². The molecular formula is C31H33N9O2. The standard InChI is InChI=1S/C31H33N9O2/c32-30(33)39-15-10-22(11-16-39)20-1-5-25(6-2-20)37-28(41)24-9-14-36-27(19-24)29(42)38-26-7-3-21(4-8-26)23-12-17-40(18-13-23)31(34)35/h1-10,12,14,19H,11,13,15-18H2,(H3,32,33)(H3,34,35)(H,37,41)(H,38,42). The number of carbonyl (C=O) groups excluding carboxylic acids is 2. The number of pyridine rings is 1. The molecule has 1 aromatic heterocycles. The quantitative estimate of drug-likeness (QED) is 0.196. The molecule has 0 aliphatic carbocycles. The maximum atomic E-state index is 12.9. The lowest BCUT2D eigenvalue weighted by Gasteiger charge is -2.26. The molecule has 0 radical (unpaired) electrons.